The summed E-state index contributed by atoms with van der Waals surface area (Å²) in [6.07, 6.45) is 11.3. The summed E-state index contributed by atoms with van der Waals surface area (Å²) in [7, 11) is 0. The van der Waals surface area contributed by atoms with Crippen LogP contribution in [0.3, 0.4) is 0 Å². The molecule has 0 aromatic rings. The number of nitriles is 1. The Labute approximate surface area is 106 Å². The Morgan fingerprint density at radius 2 is 2.00 bits per heavy atom. The minimum absolute atomic E-state index is 0.189. The van der Waals surface area contributed by atoms with Crippen LogP contribution in [0.15, 0.2) is 0 Å². The van der Waals surface area contributed by atoms with E-state index in [0.29, 0.717) is 0 Å². The maximum absolute atomic E-state index is 9.50. The van der Waals surface area contributed by atoms with E-state index in [4.69, 9.17) is 0 Å². The normalized spacial score (nSPS) is 34.0. The van der Waals surface area contributed by atoms with Crippen LogP contribution < -0.4 is 5.32 Å². The van der Waals surface area contributed by atoms with Crippen LogP contribution in [0.4, 0.5) is 0 Å². The molecule has 17 heavy (non-hydrogen) atoms. The van der Waals surface area contributed by atoms with E-state index in [1.807, 2.05) is 0 Å². The molecule has 0 aromatic carbocycles. The maximum atomic E-state index is 9.50. The zero-order valence-electron chi connectivity index (χ0n) is 11.2. The Balaban J connectivity index is 1.85. The van der Waals surface area contributed by atoms with Crippen molar-refractivity contribution in [3.8, 4) is 6.07 Å². The highest BCUT2D eigenvalue weighted by Gasteiger charge is 2.34. The van der Waals surface area contributed by atoms with E-state index < -0.39 is 0 Å². The Kier molecular flexibility index (Phi) is 4.45. The Morgan fingerprint density at radius 1 is 1.18 bits per heavy atom. The summed E-state index contributed by atoms with van der Waals surface area (Å²) < 4.78 is 0. The summed E-state index contributed by atoms with van der Waals surface area (Å²) in [4.78, 5) is 0. The molecule has 1 N–H and O–H groups in total. The van der Waals surface area contributed by atoms with Crippen LogP contribution in [0.2, 0.25) is 0 Å². The molecule has 2 atom stereocenters. The molecule has 2 fully saturated rings. The molecule has 2 aliphatic carbocycles. The average Bonchev–Trinajstić information content (AvgIpc) is 3.15. The van der Waals surface area contributed by atoms with Gasteiger partial charge >= 0.3 is 0 Å². The highest BCUT2D eigenvalue weighted by molar-refractivity contribution is 5.08. The third kappa shape index (κ3) is 3.71. The predicted molar refractivity (Wildman–Crippen MR) is 70.6 cm³/mol. The first-order chi connectivity index (χ1) is 8.28. The Bertz CT molecular complexity index is 277. The molecule has 0 saturated heterocycles. The standard InChI is InChI=1S/C15H26N2/c1-2-4-13-5-3-9-15(12-16,10-8-13)17-11-14-6-7-14/h13-14,17H,2-11H2,1H3. The fraction of sp³-hybridized carbons (Fsp3) is 0.933. The summed E-state index contributed by atoms with van der Waals surface area (Å²) in [5.74, 6) is 1.74. The highest BCUT2D eigenvalue weighted by Crippen LogP contribution is 2.34. The van der Waals surface area contributed by atoms with Gasteiger partial charge in [-0.15, -0.1) is 0 Å². The third-order valence-corrected chi connectivity index (χ3v) is 4.53. The van der Waals surface area contributed by atoms with E-state index in [1.54, 1.807) is 0 Å². The summed E-state index contributed by atoms with van der Waals surface area (Å²) in [6, 6.07) is 2.59. The van der Waals surface area contributed by atoms with Crippen LogP contribution >= 0.6 is 0 Å². The van der Waals surface area contributed by atoms with Gasteiger partial charge in [-0.05, 0) is 50.5 Å². The molecular formula is C15H26N2. The Morgan fingerprint density at radius 3 is 2.65 bits per heavy atom. The van der Waals surface area contributed by atoms with Crippen molar-refractivity contribution in [3.05, 3.63) is 0 Å². The van der Waals surface area contributed by atoms with Gasteiger partial charge in [-0.2, -0.15) is 5.26 Å². The zero-order chi connectivity index (χ0) is 12.1. The van der Waals surface area contributed by atoms with Crippen LogP contribution in [0, 0.1) is 23.2 Å². The van der Waals surface area contributed by atoms with E-state index in [9.17, 15) is 5.26 Å². The number of hydrogen-bond donors (Lipinski definition) is 1. The number of nitrogens with zero attached hydrogens (tertiary/aromatic N) is 1. The first-order valence-corrected chi connectivity index (χ1v) is 7.44. The molecular weight excluding hydrogens is 208 g/mol. The molecule has 0 aromatic heterocycles. The molecule has 2 aliphatic rings. The molecule has 96 valence electrons. The molecule has 2 heteroatoms. The quantitative estimate of drug-likeness (QED) is 0.737. The van der Waals surface area contributed by atoms with Crippen LogP contribution in [-0.4, -0.2) is 12.1 Å². The summed E-state index contributed by atoms with van der Waals surface area (Å²) in [5.41, 5.74) is -0.189. The van der Waals surface area contributed by atoms with Gasteiger partial charge in [-0.3, -0.25) is 5.32 Å². The molecule has 2 saturated carbocycles. The smallest absolute Gasteiger partial charge is 0.106 e. The fourth-order valence-corrected chi connectivity index (χ4v) is 3.10. The zero-order valence-corrected chi connectivity index (χ0v) is 11.2. The van der Waals surface area contributed by atoms with Crippen molar-refractivity contribution >= 4 is 0 Å². The van der Waals surface area contributed by atoms with Crippen molar-refractivity contribution in [2.45, 2.75) is 70.3 Å². The maximum Gasteiger partial charge on any atom is 0.106 e. The van der Waals surface area contributed by atoms with E-state index in [2.05, 4.69) is 18.3 Å². The van der Waals surface area contributed by atoms with Crippen molar-refractivity contribution < 1.29 is 0 Å². The van der Waals surface area contributed by atoms with Gasteiger partial charge < -0.3 is 0 Å². The average molecular weight is 234 g/mol. The fourth-order valence-electron chi connectivity index (χ4n) is 3.10. The van der Waals surface area contributed by atoms with Crippen LogP contribution in [0.1, 0.15) is 64.7 Å². The second-order valence-electron chi connectivity index (χ2n) is 6.10. The first kappa shape index (κ1) is 12.9. The molecule has 0 heterocycles. The number of hydrogen-bond acceptors (Lipinski definition) is 2. The summed E-state index contributed by atoms with van der Waals surface area (Å²) >= 11 is 0. The van der Waals surface area contributed by atoms with Crippen molar-refractivity contribution in [1.29, 1.82) is 5.26 Å². The molecule has 2 rings (SSSR count). The molecule has 2 unspecified atom stereocenters. The molecule has 0 radical (unpaired) electrons. The number of nitrogens with one attached hydrogen (secondary N) is 1. The van der Waals surface area contributed by atoms with E-state index >= 15 is 0 Å². The highest BCUT2D eigenvalue weighted by atomic mass is 15.0. The van der Waals surface area contributed by atoms with Gasteiger partial charge in [0.25, 0.3) is 0 Å². The molecule has 0 aliphatic heterocycles. The topological polar surface area (TPSA) is 35.8 Å². The lowest BCUT2D eigenvalue weighted by Crippen LogP contribution is -2.44. The van der Waals surface area contributed by atoms with Crippen LogP contribution in [0.25, 0.3) is 0 Å². The second-order valence-corrected chi connectivity index (χ2v) is 6.10. The first-order valence-electron chi connectivity index (χ1n) is 7.44. The largest absolute Gasteiger partial charge is 0.299 e. The number of rotatable bonds is 5. The van der Waals surface area contributed by atoms with Gasteiger partial charge in [0.1, 0.15) is 5.54 Å². The predicted octanol–water partition coefficient (Wildman–Crippen LogP) is 3.63. The van der Waals surface area contributed by atoms with Gasteiger partial charge in [0, 0.05) is 0 Å². The lowest BCUT2D eigenvalue weighted by Gasteiger charge is -2.26. The van der Waals surface area contributed by atoms with Crippen LogP contribution in [-0.2, 0) is 0 Å². The summed E-state index contributed by atoms with van der Waals surface area (Å²) in [6.45, 7) is 3.35. The van der Waals surface area contributed by atoms with Gasteiger partial charge in [0.15, 0.2) is 0 Å². The van der Waals surface area contributed by atoms with Crippen molar-refractivity contribution in [2.24, 2.45) is 11.8 Å². The van der Waals surface area contributed by atoms with Gasteiger partial charge in [0.2, 0.25) is 0 Å². The van der Waals surface area contributed by atoms with Crippen molar-refractivity contribution in [3.63, 3.8) is 0 Å². The minimum atomic E-state index is -0.189. The molecule has 2 nitrogen and oxygen atoms in total. The summed E-state index contributed by atoms with van der Waals surface area (Å²) in [5, 5.41) is 13.1. The third-order valence-electron chi connectivity index (χ3n) is 4.53. The monoisotopic (exact) mass is 234 g/mol. The SMILES string of the molecule is CCCC1CCCC(C#N)(NCC2CC2)CC1. The lowest BCUT2D eigenvalue weighted by atomic mass is 9.90. The molecule has 0 bridgehead atoms. The minimum Gasteiger partial charge on any atom is -0.299 e. The van der Waals surface area contributed by atoms with Crippen molar-refractivity contribution in [2.75, 3.05) is 6.54 Å². The van der Waals surface area contributed by atoms with E-state index in [-0.39, 0.29) is 5.54 Å². The van der Waals surface area contributed by atoms with Crippen LogP contribution in [0.5, 0.6) is 0 Å². The van der Waals surface area contributed by atoms with Gasteiger partial charge in [-0.1, -0.05) is 32.6 Å². The Hall–Kier alpha value is -0.550. The molecule has 0 spiro atoms. The van der Waals surface area contributed by atoms with Gasteiger partial charge in [0.05, 0.1) is 6.07 Å². The van der Waals surface area contributed by atoms with E-state index in [1.165, 1.54) is 44.9 Å². The molecule has 0 amide bonds. The van der Waals surface area contributed by atoms with E-state index in [0.717, 1.165) is 31.2 Å². The second kappa shape index (κ2) is 5.87. The van der Waals surface area contributed by atoms with Gasteiger partial charge in [-0.25, -0.2) is 0 Å². The lowest BCUT2D eigenvalue weighted by molar-refractivity contribution is 0.349. The van der Waals surface area contributed by atoms with Crippen molar-refractivity contribution in [1.82, 2.24) is 5.32 Å².